The molecule has 29 heavy (non-hydrogen) atoms. The smallest absolute Gasteiger partial charge is 0.251 e. The van der Waals surface area contributed by atoms with Crippen molar-refractivity contribution in [2.45, 2.75) is 33.2 Å². The fourth-order valence-corrected chi connectivity index (χ4v) is 3.83. The maximum atomic E-state index is 12.3. The van der Waals surface area contributed by atoms with Gasteiger partial charge in [0.25, 0.3) is 5.91 Å². The minimum atomic E-state index is -0.428. The maximum absolute atomic E-state index is 12.3. The number of hydrogen-bond acceptors (Lipinski definition) is 4. The number of aryl methyl sites for hydroxylation is 1. The zero-order valence-corrected chi connectivity index (χ0v) is 17.4. The first-order chi connectivity index (χ1) is 14.0. The summed E-state index contributed by atoms with van der Waals surface area (Å²) in [6.07, 6.45) is 3.28. The van der Waals surface area contributed by atoms with Crippen LogP contribution in [-0.2, 0) is 19.4 Å². The van der Waals surface area contributed by atoms with Crippen molar-refractivity contribution in [1.29, 1.82) is 0 Å². The summed E-state index contributed by atoms with van der Waals surface area (Å²) in [5, 5.41) is 0. The van der Waals surface area contributed by atoms with Gasteiger partial charge in [0.15, 0.2) is 11.5 Å². The van der Waals surface area contributed by atoms with Crippen LogP contribution in [0.1, 0.15) is 34.2 Å². The molecule has 2 N–H and O–H groups in total. The number of primary amides is 1. The lowest BCUT2D eigenvalue weighted by Gasteiger charge is -2.13. The van der Waals surface area contributed by atoms with Crippen molar-refractivity contribution in [1.82, 2.24) is 9.55 Å². The standard InChI is InChI=1S/C23H27N3O3/c1-5-18-22(17-8-6-7-12-25-17)21(23(24)27)15(2)26(18)13-11-16-9-10-19(28-3)20(14-16)29-4/h6-10,12,14H,5,11,13H2,1-4H3,(H2,24,27). The Bertz CT molecular complexity index is 1010. The Kier molecular flexibility index (Phi) is 6.22. The minimum Gasteiger partial charge on any atom is -0.493 e. The molecule has 0 aliphatic rings. The van der Waals surface area contributed by atoms with Crippen LogP contribution in [0.5, 0.6) is 11.5 Å². The number of carbonyl (C=O) groups is 1. The van der Waals surface area contributed by atoms with Crippen LogP contribution in [0.4, 0.5) is 0 Å². The third-order valence-electron chi connectivity index (χ3n) is 5.21. The Balaban J connectivity index is 2.01. The molecule has 0 aliphatic heterocycles. The number of benzene rings is 1. The second-order valence-electron chi connectivity index (χ2n) is 6.81. The molecule has 3 rings (SSSR count). The second kappa shape index (κ2) is 8.82. The fourth-order valence-electron chi connectivity index (χ4n) is 3.83. The summed E-state index contributed by atoms with van der Waals surface area (Å²) in [7, 11) is 3.25. The van der Waals surface area contributed by atoms with Crippen molar-refractivity contribution in [3.8, 4) is 22.8 Å². The van der Waals surface area contributed by atoms with E-state index in [-0.39, 0.29) is 0 Å². The van der Waals surface area contributed by atoms with E-state index in [0.717, 1.165) is 47.6 Å². The van der Waals surface area contributed by atoms with Gasteiger partial charge in [0.1, 0.15) is 0 Å². The lowest BCUT2D eigenvalue weighted by Crippen LogP contribution is -2.14. The van der Waals surface area contributed by atoms with Crippen molar-refractivity contribution < 1.29 is 14.3 Å². The Morgan fingerprint density at radius 3 is 2.48 bits per heavy atom. The lowest BCUT2D eigenvalue weighted by atomic mass is 10.0. The number of aromatic nitrogens is 2. The highest BCUT2D eigenvalue weighted by Crippen LogP contribution is 2.33. The molecule has 2 heterocycles. The minimum absolute atomic E-state index is 0.428. The molecule has 0 fully saturated rings. The first-order valence-corrected chi connectivity index (χ1v) is 9.65. The molecule has 0 radical (unpaired) electrons. The predicted molar refractivity (Wildman–Crippen MR) is 114 cm³/mol. The van der Waals surface area contributed by atoms with E-state index >= 15 is 0 Å². The van der Waals surface area contributed by atoms with Crippen molar-refractivity contribution in [3.63, 3.8) is 0 Å². The number of pyridine rings is 1. The molecule has 6 heteroatoms. The summed E-state index contributed by atoms with van der Waals surface area (Å²) in [4.78, 5) is 16.7. The van der Waals surface area contributed by atoms with Gasteiger partial charge < -0.3 is 19.8 Å². The lowest BCUT2D eigenvalue weighted by molar-refractivity contribution is 0.1000. The summed E-state index contributed by atoms with van der Waals surface area (Å²) < 4.78 is 12.9. The van der Waals surface area contributed by atoms with Gasteiger partial charge in [-0.1, -0.05) is 19.1 Å². The molecule has 0 atom stereocenters. The van der Waals surface area contributed by atoms with Crippen LogP contribution in [-0.4, -0.2) is 29.7 Å². The highest BCUT2D eigenvalue weighted by atomic mass is 16.5. The SMILES string of the molecule is CCc1c(-c2ccccn2)c(C(N)=O)c(C)n1CCc1ccc(OC)c(OC)c1. The second-order valence-corrected chi connectivity index (χ2v) is 6.81. The zero-order valence-electron chi connectivity index (χ0n) is 17.4. The van der Waals surface area contributed by atoms with E-state index in [1.165, 1.54) is 0 Å². The summed E-state index contributed by atoms with van der Waals surface area (Å²) in [5.41, 5.74) is 11.0. The Hall–Kier alpha value is -3.28. The third kappa shape index (κ3) is 3.97. The number of methoxy groups -OCH3 is 2. The van der Waals surface area contributed by atoms with Gasteiger partial charge in [-0.05, 0) is 49.6 Å². The van der Waals surface area contributed by atoms with Crippen molar-refractivity contribution in [2.75, 3.05) is 14.2 Å². The van der Waals surface area contributed by atoms with Crippen LogP contribution in [0.2, 0.25) is 0 Å². The van der Waals surface area contributed by atoms with Crippen molar-refractivity contribution >= 4 is 5.91 Å². The van der Waals surface area contributed by atoms with E-state index in [9.17, 15) is 4.79 Å². The number of hydrogen-bond donors (Lipinski definition) is 1. The predicted octanol–water partition coefficient (Wildman–Crippen LogP) is 3.78. The summed E-state index contributed by atoms with van der Waals surface area (Å²) in [6.45, 7) is 4.75. The van der Waals surface area contributed by atoms with Crippen molar-refractivity contribution in [3.05, 3.63) is 65.1 Å². The average molecular weight is 393 g/mol. The highest BCUT2D eigenvalue weighted by molar-refractivity contribution is 6.01. The molecule has 1 amide bonds. The normalized spacial score (nSPS) is 10.8. The van der Waals surface area contributed by atoms with Gasteiger partial charge in [0, 0.05) is 29.7 Å². The van der Waals surface area contributed by atoms with Crippen LogP contribution in [0.15, 0.2) is 42.6 Å². The third-order valence-corrected chi connectivity index (χ3v) is 5.21. The number of nitrogens with zero attached hydrogens (tertiary/aromatic N) is 2. The summed E-state index contributed by atoms with van der Waals surface area (Å²) >= 11 is 0. The number of carbonyl (C=O) groups excluding carboxylic acids is 1. The Morgan fingerprint density at radius 2 is 1.90 bits per heavy atom. The summed E-state index contributed by atoms with van der Waals surface area (Å²) in [6, 6.07) is 11.6. The monoisotopic (exact) mass is 393 g/mol. The highest BCUT2D eigenvalue weighted by Gasteiger charge is 2.24. The molecule has 152 valence electrons. The van der Waals surface area contributed by atoms with E-state index in [2.05, 4.69) is 16.5 Å². The molecular weight excluding hydrogens is 366 g/mol. The molecule has 2 aromatic heterocycles. The van der Waals surface area contributed by atoms with Gasteiger partial charge in [-0.25, -0.2) is 0 Å². The fraction of sp³-hybridized carbons (Fsp3) is 0.304. The average Bonchev–Trinajstić information content (AvgIpc) is 3.04. The Morgan fingerprint density at radius 1 is 1.14 bits per heavy atom. The van der Waals surface area contributed by atoms with Gasteiger partial charge in [-0.2, -0.15) is 0 Å². The Labute approximate surface area is 171 Å². The van der Waals surface area contributed by atoms with Gasteiger partial charge >= 0.3 is 0 Å². The quantitative estimate of drug-likeness (QED) is 0.632. The van der Waals surface area contributed by atoms with Crippen molar-refractivity contribution in [2.24, 2.45) is 5.73 Å². The molecular formula is C23H27N3O3. The molecule has 3 aromatic rings. The van der Waals surface area contributed by atoms with Gasteiger partial charge in [0.2, 0.25) is 0 Å². The number of nitrogens with two attached hydrogens (primary N) is 1. The van der Waals surface area contributed by atoms with Gasteiger partial charge in [-0.15, -0.1) is 0 Å². The molecule has 1 aromatic carbocycles. The van der Waals surface area contributed by atoms with Crippen LogP contribution in [0, 0.1) is 6.92 Å². The molecule has 0 bridgehead atoms. The molecule has 0 unspecified atom stereocenters. The maximum Gasteiger partial charge on any atom is 0.251 e. The topological polar surface area (TPSA) is 79.4 Å². The number of amides is 1. The largest absolute Gasteiger partial charge is 0.493 e. The van der Waals surface area contributed by atoms with Crippen LogP contribution < -0.4 is 15.2 Å². The van der Waals surface area contributed by atoms with Crippen LogP contribution >= 0.6 is 0 Å². The number of ether oxygens (including phenoxy) is 2. The van der Waals surface area contributed by atoms with Crippen LogP contribution in [0.3, 0.4) is 0 Å². The molecule has 0 saturated carbocycles. The van der Waals surface area contributed by atoms with E-state index in [4.69, 9.17) is 15.2 Å². The molecule has 0 spiro atoms. The first kappa shape index (κ1) is 20.5. The number of rotatable bonds is 8. The van der Waals surface area contributed by atoms with Crippen LogP contribution in [0.25, 0.3) is 11.3 Å². The molecule has 0 aliphatic carbocycles. The van der Waals surface area contributed by atoms with E-state index < -0.39 is 5.91 Å². The van der Waals surface area contributed by atoms with Gasteiger partial charge in [-0.3, -0.25) is 9.78 Å². The van der Waals surface area contributed by atoms with E-state index in [1.54, 1.807) is 20.4 Å². The molecule has 6 nitrogen and oxygen atoms in total. The zero-order chi connectivity index (χ0) is 21.0. The van der Waals surface area contributed by atoms with E-state index in [1.807, 2.05) is 43.3 Å². The molecule has 0 saturated heterocycles. The summed E-state index contributed by atoms with van der Waals surface area (Å²) in [5.74, 6) is 0.982. The first-order valence-electron chi connectivity index (χ1n) is 9.65. The van der Waals surface area contributed by atoms with Gasteiger partial charge in [0.05, 0.1) is 25.5 Å². The van der Waals surface area contributed by atoms with E-state index in [0.29, 0.717) is 17.1 Å².